The van der Waals surface area contributed by atoms with Crippen molar-refractivity contribution in [1.82, 2.24) is 25.0 Å². The van der Waals surface area contributed by atoms with Crippen LogP contribution in [0.5, 0.6) is 11.5 Å². The maximum atomic E-state index is 14.3. The monoisotopic (exact) mass is 777 g/mol. The lowest BCUT2D eigenvalue weighted by atomic mass is 9.87. The molecule has 3 aliphatic rings. The fraction of sp³-hybridized carbons (Fsp3) is 0.475. The third kappa shape index (κ3) is 8.05. The second-order valence-corrected chi connectivity index (χ2v) is 15.0. The lowest BCUT2D eigenvalue weighted by molar-refractivity contribution is -0.137. The SMILES string of the molecule is COc1cc(-c2cn(C)c(=O)c3[nH]ncc23)cc(OC)c1CC1CCN(C(=O)CC2CCN(c3ccc(NC4CCC(=O)NC4=O)cc3C(F)(F)F)CC2)CC1. The van der Waals surface area contributed by atoms with Crippen molar-refractivity contribution in [1.29, 1.82) is 0 Å². The van der Waals surface area contributed by atoms with E-state index in [1.807, 2.05) is 17.0 Å². The van der Waals surface area contributed by atoms with Gasteiger partial charge in [0.2, 0.25) is 17.7 Å². The lowest BCUT2D eigenvalue weighted by Crippen LogP contribution is -2.47. The zero-order valence-corrected chi connectivity index (χ0v) is 31.6. The van der Waals surface area contributed by atoms with Crippen molar-refractivity contribution in [2.45, 2.75) is 63.6 Å². The van der Waals surface area contributed by atoms with Gasteiger partial charge in [0.05, 0.1) is 26.0 Å². The number of halogens is 3. The average molecular weight is 778 g/mol. The largest absolute Gasteiger partial charge is 0.496 e. The van der Waals surface area contributed by atoms with Crippen molar-refractivity contribution in [2.24, 2.45) is 18.9 Å². The van der Waals surface area contributed by atoms with E-state index < -0.39 is 29.6 Å². The molecule has 1 atom stereocenters. The minimum Gasteiger partial charge on any atom is -0.496 e. The van der Waals surface area contributed by atoms with Gasteiger partial charge in [-0.3, -0.25) is 29.6 Å². The Hall–Kier alpha value is -5.54. The molecule has 2 aromatic heterocycles. The summed E-state index contributed by atoms with van der Waals surface area (Å²) in [6, 6.07) is 7.09. The number of rotatable bonds is 10. The number of likely N-dealkylation sites (tertiary alicyclic amines) is 1. The summed E-state index contributed by atoms with van der Waals surface area (Å²) in [5.41, 5.74) is 2.27. The molecule has 56 heavy (non-hydrogen) atoms. The Labute approximate surface area is 321 Å². The number of hydrogen-bond acceptors (Lipinski definition) is 9. The molecule has 3 N–H and O–H groups in total. The molecule has 298 valence electrons. The average Bonchev–Trinajstić information content (AvgIpc) is 3.68. The second kappa shape index (κ2) is 15.9. The summed E-state index contributed by atoms with van der Waals surface area (Å²) >= 11 is 0. The zero-order valence-electron chi connectivity index (χ0n) is 31.6. The van der Waals surface area contributed by atoms with E-state index in [2.05, 4.69) is 20.8 Å². The number of piperidine rings is 3. The number of anilines is 2. The first-order valence-electron chi connectivity index (χ1n) is 18.9. The highest BCUT2D eigenvalue weighted by Gasteiger charge is 2.37. The van der Waals surface area contributed by atoms with Crippen molar-refractivity contribution >= 4 is 40.0 Å². The van der Waals surface area contributed by atoms with Gasteiger partial charge >= 0.3 is 6.18 Å². The Morgan fingerprint density at radius 2 is 1.62 bits per heavy atom. The number of pyridine rings is 1. The third-order valence-electron chi connectivity index (χ3n) is 11.5. The first-order chi connectivity index (χ1) is 26.8. The van der Waals surface area contributed by atoms with Crippen LogP contribution in [-0.4, -0.2) is 83.8 Å². The molecule has 0 bridgehead atoms. The van der Waals surface area contributed by atoms with Gasteiger partial charge in [-0.1, -0.05) is 0 Å². The molecule has 3 amide bonds. The van der Waals surface area contributed by atoms with Crippen LogP contribution in [0.3, 0.4) is 0 Å². The number of alkyl halides is 3. The van der Waals surface area contributed by atoms with Crippen molar-refractivity contribution in [3.63, 3.8) is 0 Å². The van der Waals surface area contributed by atoms with E-state index >= 15 is 0 Å². The van der Waals surface area contributed by atoms with Crippen molar-refractivity contribution < 1.29 is 37.0 Å². The first-order valence-corrected chi connectivity index (χ1v) is 18.9. The predicted octanol–water partition coefficient (Wildman–Crippen LogP) is 5.27. The van der Waals surface area contributed by atoms with Crippen LogP contribution < -0.4 is 30.6 Å². The summed E-state index contributed by atoms with van der Waals surface area (Å²) in [6.45, 7) is 2.02. The molecule has 2 aromatic carbocycles. The summed E-state index contributed by atoms with van der Waals surface area (Å²) in [7, 11) is 4.94. The fourth-order valence-electron chi connectivity index (χ4n) is 8.31. The maximum Gasteiger partial charge on any atom is 0.418 e. The Bertz CT molecular complexity index is 2160. The standard InChI is InChI=1S/C40H46F3N7O6/c1-48-22-29(28-21-44-47-37(28)39(48)54)25-18-33(55-2)27(34(19-25)56-3)16-23-10-14-50(15-11-23)36(52)17-24-8-12-49(13-9-24)32-6-4-26(20-30(32)40(41,42)43)45-31-5-7-35(51)46-38(31)53/h4,6,18-24,31,45H,5,7-17H2,1-3H3,(H,44,47)(H,46,51,53). The van der Waals surface area contributed by atoms with E-state index in [-0.39, 0.29) is 41.6 Å². The van der Waals surface area contributed by atoms with E-state index in [1.54, 1.807) is 38.6 Å². The van der Waals surface area contributed by atoms with Gasteiger partial charge in [0, 0.05) is 80.2 Å². The molecule has 7 rings (SSSR count). The van der Waals surface area contributed by atoms with Gasteiger partial charge in [-0.05, 0) is 86.3 Å². The van der Waals surface area contributed by atoms with Crippen LogP contribution >= 0.6 is 0 Å². The summed E-state index contributed by atoms with van der Waals surface area (Å²) in [6.07, 6.45) is 2.98. The molecule has 0 aliphatic carbocycles. The van der Waals surface area contributed by atoms with Gasteiger partial charge in [0.1, 0.15) is 23.1 Å². The van der Waals surface area contributed by atoms with Crippen LogP contribution in [0.15, 0.2) is 47.5 Å². The lowest BCUT2D eigenvalue weighted by Gasteiger charge is -2.37. The third-order valence-corrected chi connectivity index (χ3v) is 11.5. The molecular formula is C40H46F3N7O6. The first kappa shape index (κ1) is 38.7. The van der Waals surface area contributed by atoms with Crippen LogP contribution in [0.1, 0.15) is 56.1 Å². The number of aromatic amines is 1. The molecular weight excluding hydrogens is 731 g/mol. The minimum atomic E-state index is -4.62. The second-order valence-electron chi connectivity index (χ2n) is 15.0. The van der Waals surface area contributed by atoms with Crippen molar-refractivity contribution in [3.05, 3.63) is 64.2 Å². The molecule has 1 unspecified atom stereocenters. The molecule has 3 saturated heterocycles. The van der Waals surface area contributed by atoms with Gasteiger partial charge in [-0.15, -0.1) is 0 Å². The van der Waals surface area contributed by atoms with Crippen LogP contribution in [0.4, 0.5) is 24.5 Å². The molecule has 3 aliphatic heterocycles. The number of carbonyl (C=O) groups is 3. The van der Waals surface area contributed by atoms with Crippen molar-refractivity contribution in [2.75, 3.05) is 50.6 Å². The van der Waals surface area contributed by atoms with Crippen LogP contribution in [0, 0.1) is 11.8 Å². The number of H-pyrrole nitrogens is 1. The number of carbonyl (C=O) groups excluding carboxylic acids is 3. The van der Waals surface area contributed by atoms with Gasteiger partial charge < -0.3 is 29.2 Å². The zero-order chi connectivity index (χ0) is 39.7. The van der Waals surface area contributed by atoms with E-state index in [1.165, 1.54) is 16.7 Å². The maximum absolute atomic E-state index is 14.3. The van der Waals surface area contributed by atoms with E-state index in [4.69, 9.17) is 9.47 Å². The van der Waals surface area contributed by atoms with Gasteiger partial charge in [-0.2, -0.15) is 18.3 Å². The Balaban J connectivity index is 0.935. The number of amides is 3. The number of nitrogens with zero attached hydrogens (tertiary/aromatic N) is 4. The molecule has 5 heterocycles. The minimum absolute atomic E-state index is 0.0710. The topological polar surface area (TPSA) is 151 Å². The molecule has 0 radical (unpaired) electrons. The highest BCUT2D eigenvalue weighted by atomic mass is 19.4. The number of aromatic nitrogens is 3. The van der Waals surface area contributed by atoms with E-state index in [9.17, 15) is 32.3 Å². The Kier molecular flexibility index (Phi) is 11.0. The van der Waals surface area contributed by atoms with Gasteiger partial charge in [-0.25, -0.2) is 0 Å². The Morgan fingerprint density at radius 3 is 2.27 bits per heavy atom. The quantitative estimate of drug-likeness (QED) is 0.183. The molecule has 13 nitrogen and oxygen atoms in total. The number of ether oxygens (including phenoxy) is 2. The van der Waals surface area contributed by atoms with E-state index in [0.29, 0.717) is 80.2 Å². The Morgan fingerprint density at radius 1 is 0.946 bits per heavy atom. The summed E-state index contributed by atoms with van der Waals surface area (Å²) in [5, 5.41) is 12.6. The number of nitrogens with one attached hydrogen (secondary N) is 3. The highest BCUT2D eigenvalue weighted by Crippen LogP contribution is 2.41. The summed E-state index contributed by atoms with van der Waals surface area (Å²) in [5.74, 6) is 0.840. The normalized spacial score (nSPS) is 18.6. The van der Waals surface area contributed by atoms with Crippen LogP contribution in [0.25, 0.3) is 22.0 Å². The summed E-state index contributed by atoms with van der Waals surface area (Å²) < 4.78 is 56.0. The molecule has 0 saturated carbocycles. The number of aryl methyl sites for hydroxylation is 1. The molecule has 16 heteroatoms. The molecule has 3 fully saturated rings. The molecule has 4 aromatic rings. The van der Waals surface area contributed by atoms with Gasteiger partial charge in [0.25, 0.3) is 5.56 Å². The number of imide groups is 1. The smallest absolute Gasteiger partial charge is 0.418 e. The van der Waals surface area contributed by atoms with Gasteiger partial charge in [0.15, 0.2) is 0 Å². The number of benzene rings is 2. The van der Waals surface area contributed by atoms with Crippen molar-refractivity contribution in [3.8, 4) is 22.6 Å². The number of fused-ring (bicyclic) bond motifs is 1. The molecule has 0 spiro atoms. The summed E-state index contributed by atoms with van der Waals surface area (Å²) in [4.78, 5) is 53.3. The number of methoxy groups -OCH3 is 2. The number of hydrogen-bond donors (Lipinski definition) is 3. The van der Waals surface area contributed by atoms with Crippen LogP contribution in [0.2, 0.25) is 0 Å². The van der Waals surface area contributed by atoms with E-state index in [0.717, 1.165) is 35.6 Å². The van der Waals surface area contributed by atoms with Crippen LogP contribution in [-0.2, 0) is 34.0 Å². The fourth-order valence-corrected chi connectivity index (χ4v) is 8.31. The predicted molar refractivity (Wildman–Crippen MR) is 204 cm³/mol. The highest BCUT2D eigenvalue weighted by molar-refractivity contribution is 6.01.